The number of phenolic OH excluding ortho intramolecular Hbond substituents is 1. The number of carbonyl (C=O) groups excluding carboxylic acids is 1. The Morgan fingerprint density at radius 1 is 1.05 bits per heavy atom. The first-order valence-corrected chi connectivity index (χ1v) is 15.1. The van der Waals surface area contributed by atoms with Crippen LogP contribution in [0.2, 0.25) is 10.0 Å². The molecule has 2 N–H and O–H groups in total. The number of anilines is 1. The lowest BCUT2D eigenvalue weighted by Gasteiger charge is -2.50. The summed E-state index contributed by atoms with van der Waals surface area (Å²) in [5, 5.41) is 21.2. The summed E-state index contributed by atoms with van der Waals surface area (Å²) < 4.78 is 0. The molecule has 6 nitrogen and oxygen atoms in total. The van der Waals surface area contributed by atoms with Crippen molar-refractivity contribution in [2.75, 3.05) is 32.1 Å². The molecule has 1 aromatic heterocycles. The number of aryl methyl sites for hydroxylation is 1. The molecule has 39 heavy (non-hydrogen) atoms. The molecule has 2 saturated carbocycles. The van der Waals surface area contributed by atoms with Gasteiger partial charge in [-0.25, -0.2) is 0 Å². The van der Waals surface area contributed by atoms with Gasteiger partial charge in [-0.15, -0.1) is 0 Å². The molecule has 3 aliphatic carbocycles. The van der Waals surface area contributed by atoms with E-state index < -0.39 is 0 Å². The van der Waals surface area contributed by atoms with E-state index in [1.807, 2.05) is 12.1 Å². The van der Waals surface area contributed by atoms with Crippen LogP contribution in [0.15, 0.2) is 30.6 Å². The van der Waals surface area contributed by atoms with Crippen molar-refractivity contribution in [3.63, 3.8) is 0 Å². The minimum Gasteiger partial charge on any atom is -0.508 e. The number of rotatable bonds is 2. The SMILES string of the molecule is CN(C)C(=O)C1CCN(c2c(Cl)cncc2Cl)CC1.C[C@]12CC[C@@H]3c4ccc(O)cc4CC[C@H]3[C@@H]1CC[C@@H]2O. The fraction of sp³-hybridized carbons (Fsp3) is 0.613. The maximum absolute atomic E-state index is 11.9. The fourth-order valence-electron chi connectivity index (χ4n) is 7.96. The van der Waals surface area contributed by atoms with Crippen LogP contribution in [0.5, 0.6) is 5.75 Å². The number of fused-ring (bicyclic) bond motifs is 5. The number of hydrogen-bond donors (Lipinski definition) is 2. The summed E-state index contributed by atoms with van der Waals surface area (Å²) in [6.07, 6.45) is 11.6. The van der Waals surface area contributed by atoms with E-state index in [1.54, 1.807) is 31.4 Å². The maximum atomic E-state index is 11.9. The minimum atomic E-state index is -0.0883. The highest BCUT2D eigenvalue weighted by Gasteiger charge is 2.54. The Labute approximate surface area is 242 Å². The third-order valence-corrected chi connectivity index (χ3v) is 10.6. The van der Waals surface area contributed by atoms with Crippen LogP contribution in [0.3, 0.4) is 0 Å². The third kappa shape index (κ3) is 5.49. The van der Waals surface area contributed by atoms with Crippen molar-refractivity contribution in [2.45, 2.75) is 70.3 Å². The molecule has 1 aromatic carbocycles. The number of halogens is 2. The molecule has 0 radical (unpaired) electrons. The number of piperidine rings is 1. The van der Waals surface area contributed by atoms with Gasteiger partial charge in [-0.05, 0) is 97.8 Å². The first kappa shape index (κ1) is 28.5. The summed E-state index contributed by atoms with van der Waals surface area (Å²) >= 11 is 12.3. The highest BCUT2D eigenvalue weighted by atomic mass is 35.5. The molecular weight excluding hydrogens is 533 g/mol. The molecule has 1 aliphatic heterocycles. The average molecular weight is 575 g/mol. The minimum absolute atomic E-state index is 0.0883. The lowest BCUT2D eigenvalue weighted by Crippen LogP contribution is -2.43. The summed E-state index contributed by atoms with van der Waals surface area (Å²) in [5.41, 5.74) is 3.82. The number of aliphatic hydroxyl groups excluding tert-OH is 1. The summed E-state index contributed by atoms with van der Waals surface area (Å²) in [6, 6.07) is 5.96. The van der Waals surface area contributed by atoms with Crippen LogP contribution >= 0.6 is 23.2 Å². The van der Waals surface area contributed by atoms with E-state index in [1.165, 1.54) is 30.4 Å². The maximum Gasteiger partial charge on any atom is 0.225 e. The van der Waals surface area contributed by atoms with Gasteiger partial charge in [-0.2, -0.15) is 0 Å². The molecule has 4 aliphatic rings. The van der Waals surface area contributed by atoms with E-state index in [9.17, 15) is 15.0 Å². The molecule has 5 atom stereocenters. The molecule has 212 valence electrons. The van der Waals surface area contributed by atoms with Crippen molar-refractivity contribution in [1.29, 1.82) is 0 Å². The zero-order chi connectivity index (χ0) is 27.9. The van der Waals surface area contributed by atoms with Gasteiger partial charge >= 0.3 is 0 Å². The second kappa shape index (κ2) is 11.5. The van der Waals surface area contributed by atoms with E-state index >= 15 is 0 Å². The number of aliphatic hydroxyl groups is 1. The molecule has 0 bridgehead atoms. The predicted octanol–water partition coefficient (Wildman–Crippen LogP) is 6.30. The number of amides is 1. The molecule has 1 saturated heterocycles. The molecule has 8 heteroatoms. The van der Waals surface area contributed by atoms with Gasteiger partial charge in [0.1, 0.15) is 5.75 Å². The van der Waals surface area contributed by atoms with Crippen molar-refractivity contribution in [2.24, 2.45) is 23.2 Å². The van der Waals surface area contributed by atoms with Gasteiger partial charge in [-0.1, -0.05) is 36.2 Å². The fourth-order valence-corrected chi connectivity index (χ4v) is 8.57. The van der Waals surface area contributed by atoms with Gasteiger partial charge in [0.2, 0.25) is 5.91 Å². The second-order valence-corrected chi connectivity index (χ2v) is 13.2. The Bertz CT molecular complexity index is 1180. The monoisotopic (exact) mass is 573 g/mol. The van der Waals surface area contributed by atoms with Gasteiger partial charge in [-0.3, -0.25) is 9.78 Å². The standard InChI is InChI=1S/C18H24O2.C13H17Cl2N3O/c1-18-9-8-14-13-5-3-12(19)10-11(13)2-4-15(14)16(18)6-7-17(18)20;1-17(2)13(19)9-3-5-18(6-4-9)12-10(14)7-16-8-11(12)15/h3,5,10,14-17,19-20H,2,4,6-9H2,1H3;7-9H,3-6H2,1-2H3/t14-,15-,16+,17+,18+;/m1./s1. The van der Waals surface area contributed by atoms with Crippen molar-refractivity contribution in [1.82, 2.24) is 9.88 Å². The summed E-state index contributed by atoms with van der Waals surface area (Å²) in [4.78, 5) is 19.7. The average Bonchev–Trinajstić information content (AvgIpc) is 3.22. The van der Waals surface area contributed by atoms with E-state index in [0.717, 1.165) is 56.8 Å². The van der Waals surface area contributed by atoms with Gasteiger partial charge < -0.3 is 20.0 Å². The van der Waals surface area contributed by atoms with Crippen molar-refractivity contribution >= 4 is 34.8 Å². The third-order valence-electron chi connectivity index (χ3n) is 10.1. The Morgan fingerprint density at radius 2 is 1.74 bits per heavy atom. The molecule has 0 unspecified atom stereocenters. The Hall–Kier alpha value is -2.02. The van der Waals surface area contributed by atoms with Crippen molar-refractivity contribution in [3.05, 3.63) is 51.8 Å². The molecule has 3 fully saturated rings. The van der Waals surface area contributed by atoms with Crippen LogP contribution < -0.4 is 4.90 Å². The topological polar surface area (TPSA) is 76.9 Å². The number of pyridine rings is 1. The number of benzene rings is 1. The van der Waals surface area contributed by atoms with Crippen LogP contribution in [-0.2, 0) is 11.2 Å². The molecule has 1 amide bonds. The molecule has 2 heterocycles. The smallest absolute Gasteiger partial charge is 0.225 e. The molecule has 6 rings (SSSR count). The quantitative estimate of drug-likeness (QED) is 0.440. The lowest BCUT2D eigenvalue weighted by atomic mass is 9.55. The van der Waals surface area contributed by atoms with Gasteiger partial charge in [0.25, 0.3) is 0 Å². The number of carbonyl (C=O) groups is 1. The van der Waals surface area contributed by atoms with Crippen LogP contribution in [-0.4, -0.2) is 59.3 Å². The number of hydrogen-bond acceptors (Lipinski definition) is 5. The number of aromatic hydroxyl groups is 1. The van der Waals surface area contributed by atoms with Gasteiger partial charge in [0.05, 0.1) is 21.8 Å². The number of phenols is 1. The van der Waals surface area contributed by atoms with E-state index in [2.05, 4.69) is 22.9 Å². The first-order chi connectivity index (χ1) is 18.6. The predicted molar refractivity (Wildman–Crippen MR) is 157 cm³/mol. The van der Waals surface area contributed by atoms with Crippen molar-refractivity contribution < 1.29 is 15.0 Å². The van der Waals surface area contributed by atoms with E-state index in [4.69, 9.17) is 23.2 Å². The highest BCUT2D eigenvalue weighted by Crippen LogP contribution is 2.60. The molecule has 2 aromatic rings. The summed E-state index contributed by atoms with van der Waals surface area (Å²) in [6.45, 7) is 3.89. The van der Waals surface area contributed by atoms with Crippen molar-refractivity contribution in [3.8, 4) is 5.75 Å². The van der Waals surface area contributed by atoms with Gasteiger partial charge in [0.15, 0.2) is 0 Å². The highest BCUT2D eigenvalue weighted by molar-refractivity contribution is 6.38. The lowest BCUT2D eigenvalue weighted by molar-refractivity contribution is -0.133. The second-order valence-electron chi connectivity index (χ2n) is 12.4. The van der Waals surface area contributed by atoms with Crippen LogP contribution in [0.4, 0.5) is 5.69 Å². The first-order valence-electron chi connectivity index (χ1n) is 14.3. The van der Waals surface area contributed by atoms with Crippen LogP contribution in [0, 0.1) is 23.2 Å². The Kier molecular flexibility index (Phi) is 8.38. The van der Waals surface area contributed by atoms with Crippen LogP contribution in [0.1, 0.15) is 68.9 Å². The summed E-state index contributed by atoms with van der Waals surface area (Å²) in [5.74, 6) is 2.79. The Morgan fingerprint density at radius 3 is 2.41 bits per heavy atom. The number of nitrogens with zero attached hydrogens (tertiary/aromatic N) is 3. The molecular formula is C31H41Cl2N3O3. The molecule has 0 spiro atoms. The van der Waals surface area contributed by atoms with Crippen LogP contribution in [0.25, 0.3) is 0 Å². The number of aromatic nitrogens is 1. The van der Waals surface area contributed by atoms with Gasteiger partial charge in [0, 0.05) is 45.5 Å². The van der Waals surface area contributed by atoms with E-state index in [0.29, 0.717) is 27.6 Å². The Balaban J connectivity index is 0.000000158. The van der Waals surface area contributed by atoms with E-state index in [-0.39, 0.29) is 23.3 Å². The normalized spacial score (nSPS) is 29.9. The zero-order valence-electron chi connectivity index (χ0n) is 23.2. The zero-order valence-corrected chi connectivity index (χ0v) is 24.8. The summed E-state index contributed by atoms with van der Waals surface area (Å²) in [7, 11) is 3.59. The largest absolute Gasteiger partial charge is 0.508 e.